The molecule has 0 aromatic carbocycles. The molecule has 4 heteroatoms. The van der Waals surface area contributed by atoms with Crippen LogP contribution in [0, 0.1) is 20.8 Å². The number of aromatic nitrogens is 3. The quantitative estimate of drug-likeness (QED) is 0.826. The molecule has 0 aliphatic carbocycles. The van der Waals surface area contributed by atoms with E-state index in [1.54, 1.807) is 0 Å². The van der Waals surface area contributed by atoms with E-state index in [9.17, 15) is 0 Å². The second-order valence-electron chi connectivity index (χ2n) is 5.09. The van der Waals surface area contributed by atoms with Gasteiger partial charge in [0.1, 0.15) is 11.9 Å². The molecular weight excluding hydrogens is 238 g/mol. The smallest absolute Gasteiger partial charge is 0.220 e. The van der Waals surface area contributed by atoms with Crippen LogP contribution in [0.15, 0.2) is 18.5 Å². The third kappa shape index (κ3) is 2.30. The Kier molecular flexibility index (Phi) is 2.93. The van der Waals surface area contributed by atoms with Crippen LogP contribution >= 0.6 is 0 Å². The first kappa shape index (κ1) is 12.1. The van der Waals surface area contributed by atoms with Crippen molar-refractivity contribution in [2.45, 2.75) is 39.7 Å². The molecule has 0 spiro atoms. The topological polar surface area (TPSA) is 47.9 Å². The first-order valence-electron chi connectivity index (χ1n) is 6.53. The van der Waals surface area contributed by atoms with Crippen LogP contribution < -0.4 is 4.74 Å². The Morgan fingerprint density at radius 2 is 2.11 bits per heavy atom. The molecule has 0 amide bonds. The van der Waals surface area contributed by atoms with Gasteiger partial charge < -0.3 is 4.74 Å². The maximum atomic E-state index is 5.96. The predicted octanol–water partition coefficient (Wildman–Crippen LogP) is 2.34. The molecule has 0 saturated heterocycles. The Bertz CT molecular complexity index is 625. The molecule has 0 fully saturated rings. The van der Waals surface area contributed by atoms with Gasteiger partial charge >= 0.3 is 0 Å². The van der Waals surface area contributed by atoms with Gasteiger partial charge in [-0.05, 0) is 38.0 Å². The van der Waals surface area contributed by atoms with E-state index in [4.69, 9.17) is 4.74 Å². The van der Waals surface area contributed by atoms with Gasteiger partial charge in [-0.1, -0.05) is 0 Å². The monoisotopic (exact) mass is 255 g/mol. The molecule has 1 aliphatic heterocycles. The summed E-state index contributed by atoms with van der Waals surface area (Å²) in [5.41, 5.74) is 4.69. The van der Waals surface area contributed by atoms with E-state index in [0.29, 0.717) is 0 Å². The van der Waals surface area contributed by atoms with E-state index in [1.807, 2.05) is 26.2 Å². The lowest BCUT2D eigenvalue weighted by atomic mass is 10.0. The minimum Gasteiger partial charge on any atom is -0.473 e. The highest BCUT2D eigenvalue weighted by atomic mass is 16.5. The molecule has 3 rings (SSSR count). The molecule has 1 aliphatic rings. The first-order chi connectivity index (χ1) is 9.13. The molecule has 3 heterocycles. The Morgan fingerprint density at radius 3 is 2.89 bits per heavy atom. The van der Waals surface area contributed by atoms with Gasteiger partial charge in [0.25, 0.3) is 0 Å². The minimum atomic E-state index is 0.158. The van der Waals surface area contributed by atoms with Gasteiger partial charge in [0, 0.05) is 36.5 Å². The van der Waals surface area contributed by atoms with Crippen molar-refractivity contribution in [1.29, 1.82) is 0 Å². The van der Waals surface area contributed by atoms with Gasteiger partial charge in [-0.3, -0.25) is 4.98 Å². The van der Waals surface area contributed by atoms with Gasteiger partial charge in [0.05, 0.1) is 0 Å². The van der Waals surface area contributed by atoms with Gasteiger partial charge in [0.2, 0.25) is 5.88 Å². The molecule has 98 valence electrons. The summed E-state index contributed by atoms with van der Waals surface area (Å²) in [4.78, 5) is 12.9. The van der Waals surface area contributed by atoms with E-state index < -0.39 is 0 Å². The van der Waals surface area contributed by atoms with Crippen LogP contribution in [0.2, 0.25) is 0 Å². The van der Waals surface area contributed by atoms with Crippen molar-refractivity contribution in [3.8, 4) is 5.88 Å². The van der Waals surface area contributed by atoms with Crippen LogP contribution in [0.25, 0.3) is 0 Å². The number of hydrogen-bond donors (Lipinski definition) is 0. The van der Waals surface area contributed by atoms with Crippen molar-refractivity contribution in [3.63, 3.8) is 0 Å². The normalized spacial score (nSPS) is 17.1. The second kappa shape index (κ2) is 4.61. The molecule has 0 radical (unpaired) electrons. The standard InChI is InChI=1S/C15H17N3O/c1-9-8-16-5-4-12(9)6-13-7-14-10(2)17-11(3)18-15(14)19-13/h4-5,8,13H,6-7H2,1-3H3/t13-/m1/s1. The highest BCUT2D eigenvalue weighted by molar-refractivity contribution is 5.35. The molecule has 19 heavy (non-hydrogen) atoms. The zero-order valence-corrected chi connectivity index (χ0v) is 11.5. The Labute approximate surface area is 112 Å². The highest BCUT2D eigenvalue weighted by Crippen LogP contribution is 2.30. The maximum absolute atomic E-state index is 5.96. The zero-order chi connectivity index (χ0) is 13.4. The Hall–Kier alpha value is -1.97. The summed E-state index contributed by atoms with van der Waals surface area (Å²) in [5, 5.41) is 0. The minimum absolute atomic E-state index is 0.158. The molecule has 0 N–H and O–H groups in total. The number of aryl methyl sites for hydroxylation is 3. The van der Waals surface area contributed by atoms with E-state index in [2.05, 4.69) is 27.9 Å². The Morgan fingerprint density at radius 1 is 1.26 bits per heavy atom. The van der Waals surface area contributed by atoms with Crippen molar-refractivity contribution in [1.82, 2.24) is 15.0 Å². The van der Waals surface area contributed by atoms with Gasteiger partial charge in [0.15, 0.2) is 0 Å². The number of fused-ring (bicyclic) bond motifs is 1. The van der Waals surface area contributed by atoms with Crippen LogP contribution in [0.5, 0.6) is 5.88 Å². The molecule has 0 unspecified atom stereocenters. The third-order valence-electron chi connectivity index (χ3n) is 3.58. The molecule has 2 aromatic rings. The summed E-state index contributed by atoms with van der Waals surface area (Å²) in [5.74, 6) is 1.54. The van der Waals surface area contributed by atoms with Crippen LogP contribution in [-0.2, 0) is 12.8 Å². The summed E-state index contributed by atoms with van der Waals surface area (Å²) in [7, 11) is 0. The van der Waals surface area contributed by atoms with E-state index >= 15 is 0 Å². The second-order valence-corrected chi connectivity index (χ2v) is 5.09. The SMILES string of the molecule is Cc1nc(C)c2c(n1)O[C@H](Cc1ccncc1C)C2. The van der Waals surface area contributed by atoms with Crippen LogP contribution in [-0.4, -0.2) is 21.1 Å². The van der Waals surface area contributed by atoms with Crippen LogP contribution in [0.4, 0.5) is 0 Å². The molecule has 4 nitrogen and oxygen atoms in total. The fourth-order valence-electron chi connectivity index (χ4n) is 2.55. The van der Waals surface area contributed by atoms with E-state index in [-0.39, 0.29) is 6.10 Å². The first-order valence-corrected chi connectivity index (χ1v) is 6.53. The fourth-order valence-corrected chi connectivity index (χ4v) is 2.55. The van der Waals surface area contributed by atoms with Gasteiger partial charge in [-0.15, -0.1) is 0 Å². The molecule has 1 atom stereocenters. The zero-order valence-electron chi connectivity index (χ0n) is 11.5. The van der Waals surface area contributed by atoms with E-state index in [0.717, 1.165) is 35.8 Å². The number of rotatable bonds is 2. The molecule has 2 aromatic heterocycles. The summed E-state index contributed by atoms with van der Waals surface area (Å²) in [6, 6.07) is 2.06. The average molecular weight is 255 g/mol. The predicted molar refractivity (Wildman–Crippen MR) is 72.3 cm³/mol. The number of pyridine rings is 1. The average Bonchev–Trinajstić information content (AvgIpc) is 2.75. The van der Waals surface area contributed by atoms with Gasteiger partial charge in [-0.25, -0.2) is 4.98 Å². The molecule has 0 saturated carbocycles. The van der Waals surface area contributed by atoms with E-state index in [1.165, 1.54) is 11.1 Å². The number of hydrogen-bond acceptors (Lipinski definition) is 4. The summed E-state index contributed by atoms with van der Waals surface area (Å²) in [6.07, 6.45) is 5.67. The third-order valence-corrected chi connectivity index (χ3v) is 3.58. The highest BCUT2D eigenvalue weighted by Gasteiger charge is 2.27. The van der Waals surface area contributed by atoms with Crippen molar-refractivity contribution < 1.29 is 4.74 Å². The largest absolute Gasteiger partial charge is 0.473 e. The Balaban J connectivity index is 1.81. The molecule has 0 bridgehead atoms. The van der Waals surface area contributed by atoms with Crippen molar-refractivity contribution in [2.24, 2.45) is 0 Å². The summed E-state index contributed by atoms with van der Waals surface area (Å²) >= 11 is 0. The van der Waals surface area contributed by atoms with Crippen LogP contribution in [0.3, 0.4) is 0 Å². The maximum Gasteiger partial charge on any atom is 0.220 e. The number of nitrogens with zero attached hydrogens (tertiary/aromatic N) is 3. The lowest BCUT2D eigenvalue weighted by molar-refractivity contribution is 0.225. The molecular formula is C15H17N3O. The fraction of sp³-hybridized carbons (Fsp3) is 0.400. The summed E-state index contributed by atoms with van der Waals surface area (Å²) < 4.78 is 5.96. The lowest BCUT2D eigenvalue weighted by Crippen LogP contribution is -2.17. The number of ether oxygens (including phenoxy) is 1. The van der Waals surface area contributed by atoms with Gasteiger partial charge in [-0.2, -0.15) is 4.98 Å². The van der Waals surface area contributed by atoms with Crippen molar-refractivity contribution in [3.05, 3.63) is 46.7 Å². The van der Waals surface area contributed by atoms with Crippen molar-refractivity contribution in [2.75, 3.05) is 0 Å². The summed E-state index contributed by atoms with van der Waals surface area (Å²) in [6.45, 7) is 6.01. The van der Waals surface area contributed by atoms with Crippen molar-refractivity contribution >= 4 is 0 Å². The lowest BCUT2D eigenvalue weighted by Gasteiger charge is -2.11. The van der Waals surface area contributed by atoms with Crippen LogP contribution in [0.1, 0.15) is 28.2 Å².